The number of thioether (sulfide) groups is 1. The van der Waals surface area contributed by atoms with Crippen LogP contribution in [0.5, 0.6) is 0 Å². The van der Waals surface area contributed by atoms with E-state index in [1.54, 1.807) is 24.3 Å². The number of amidine groups is 1. The van der Waals surface area contributed by atoms with Gasteiger partial charge in [0.25, 0.3) is 5.91 Å². The van der Waals surface area contributed by atoms with Gasteiger partial charge in [0.05, 0.1) is 21.3 Å². The first-order valence-corrected chi connectivity index (χ1v) is 11.3. The van der Waals surface area contributed by atoms with Gasteiger partial charge in [0.1, 0.15) is 12.4 Å². The minimum Gasteiger partial charge on any atom is -0.460 e. The van der Waals surface area contributed by atoms with E-state index in [2.05, 4.69) is 5.32 Å². The van der Waals surface area contributed by atoms with Gasteiger partial charge in [0.2, 0.25) is 0 Å². The van der Waals surface area contributed by atoms with Gasteiger partial charge in [0, 0.05) is 23.5 Å². The van der Waals surface area contributed by atoms with Crippen molar-refractivity contribution in [3.63, 3.8) is 0 Å². The minimum absolute atomic E-state index is 0.0640. The Hall–Kier alpha value is -2.29. The molecule has 0 fully saturated rings. The van der Waals surface area contributed by atoms with Gasteiger partial charge in [-0.05, 0) is 30.5 Å². The fraction of sp³-hybridized carbons (Fsp3) is 0.250. The first kappa shape index (κ1) is 21.4. The lowest BCUT2D eigenvalue weighted by molar-refractivity contribution is 0.0499. The first-order valence-electron chi connectivity index (χ1n) is 8.87. The quantitative estimate of drug-likeness (QED) is 0.167. The summed E-state index contributed by atoms with van der Waals surface area (Å²) in [5.74, 6) is -0.271. The Bertz CT molecular complexity index is 950. The van der Waals surface area contributed by atoms with E-state index in [0.717, 1.165) is 23.5 Å². The Labute approximate surface area is 182 Å². The Morgan fingerprint density at radius 2 is 2.03 bits per heavy atom. The SMILES string of the molecule is CSc1cc(C(=N)N2CC=CC2)ccc1C(=O)OCCNC(=O)c1ccc(Cl)s1. The minimum atomic E-state index is -0.455. The molecule has 3 rings (SSSR count). The van der Waals surface area contributed by atoms with Crippen LogP contribution >= 0.6 is 34.7 Å². The number of hydrogen-bond acceptors (Lipinski definition) is 6. The van der Waals surface area contributed by atoms with Crippen molar-refractivity contribution in [2.24, 2.45) is 0 Å². The van der Waals surface area contributed by atoms with Crippen LogP contribution in [-0.4, -0.2) is 55.1 Å². The molecule has 0 atom stereocenters. The van der Waals surface area contributed by atoms with E-state index in [1.807, 2.05) is 29.4 Å². The number of nitrogens with zero attached hydrogens (tertiary/aromatic N) is 1. The van der Waals surface area contributed by atoms with E-state index < -0.39 is 5.97 Å². The monoisotopic (exact) mass is 449 g/mol. The lowest BCUT2D eigenvalue weighted by atomic mass is 10.1. The molecule has 0 saturated carbocycles. The molecule has 0 unspecified atom stereocenters. The smallest absolute Gasteiger partial charge is 0.339 e. The summed E-state index contributed by atoms with van der Waals surface area (Å²) in [6.45, 7) is 1.72. The van der Waals surface area contributed by atoms with Crippen molar-refractivity contribution in [2.75, 3.05) is 32.5 Å². The van der Waals surface area contributed by atoms with Gasteiger partial charge >= 0.3 is 5.97 Å². The molecular weight excluding hydrogens is 430 g/mol. The first-order chi connectivity index (χ1) is 14.0. The van der Waals surface area contributed by atoms with Crippen LogP contribution in [0.4, 0.5) is 0 Å². The summed E-state index contributed by atoms with van der Waals surface area (Å²) in [5, 5.41) is 11.0. The largest absolute Gasteiger partial charge is 0.460 e. The average molecular weight is 450 g/mol. The Kier molecular flexibility index (Phi) is 7.35. The molecular formula is C20H20ClN3O3S2. The highest BCUT2D eigenvalue weighted by atomic mass is 35.5. The van der Waals surface area contributed by atoms with Gasteiger partial charge in [0.15, 0.2) is 0 Å². The third-order valence-electron chi connectivity index (χ3n) is 4.25. The summed E-state index contributed by atoms with van der Waals surface area (Å²) < 4.78 is 5.84. The van der Waals surface area contributed by atoms with Crippen LogP contribution in [-0.2, 0) is 4.74 Å². The lowest BCUT2D eigenvalue weighted by Crippen LogP contribution is -2.28. The van der Waals surface area contributed by atoms with E-state index in [9.17, 15) is 9.59 Å². The van der Waals surface area contributed by atoms with Crippen LogP contribution in [0.1, 0.15) is 25.6 Å². The van der Waals surface area contributed by atoms with Crippen LogP contribution in [0.3, 0.4) is 0 Å². The topological polar surface area (TPSA) is 82.5 Å². The molecule has 29 heavy (non-hydrogen) atoms. The van der Waals surface area contributed by atoms with Crippen LogP contribution in [0.25, 0.3) is 0 Å². The predicted molar refractivity (Wildman–Crippen MR) is 118 cm³/mol. The molecule has 1 aliphatic heterocycles. The number of benzene rings is 1. The molecule has 9 heteroatoms. The van der Waals surface area contributed by atoms with Crippen molar-refractivity contribution >= 4 is 52.4 Å². The van der Waals surface area contributed by atoms with Crippen molar-refractivity contribution < 1.29 is 14.3 Å². The lowest BCUT2D eigenvalue weighted by Gasteiger charge is -2.19. The van der Waals surface area contributed by atoms with Crippen LogP contribution < -0.4 is 5.32 Å². The molecule has 0 bridgehead atoms. The fourth-order valence-corrected chi connectivity index (χ4v) is 4.34. The van der Waals surface area contributed by atoms with Crippen LogP contribution in [0.15, 0.2) is 47.4 Å². The summed E-state index contributed by atoms with van der Waals surface area (Å²) in [6, 6.07) is 8.60. The molecule has 6 nitrogen and oxygen atoms in total. The second-order valence-corrected chi connectivity index (χ2v) is 8.70. The maximum atomic E-state index is 12.4. The Balaban J connectivity index is 1.54. The molecule has 2 aromatic rings. The number of nitrogens with one attached hydrogen (secondary N) is 2. The van der Waals surface area contributed by atoms with Gasteiger partial charge in [-0.15, -0.1) is 23.1 Å². The zero-order chi connectivity index (χ0) is 20.8. The van der Waals surface area contributed by atoms with Gasteiger partial charge in [-0.1, -0.05) is 29.8 Å². The number of carbonyl (C=O) groups is 2. The number of carbonyl (C=O) groups excluding carboxylic acids is 2. The van der Waals surface area contributed by atoms with E-state index in [1.165, 1.54) is 23.1 Å². The second kappa shape index (κ2) is 9.96. The zero-order valence-electron chi connectivity index (χ0n) is 15.7. The number of rotatable bonds is 7. The molecule has 1 aromatic carbocycles. The number of ether oxygens (including phenoxy) is 1. The van der Waals surface area contributed by atoms with Crippen molar-refractivity contribution in [1.29, 1.82) is 5.41 Å². The summed E-state index contributed by atoms with van der Waals surface area (Å²) in [4.78, 5) is 27.6. The van der Waals surface area contributed by atoms with Crippen molar-refractivity contribution in [3.8, 4) is 0 Å². The van der Waals surface area contributed by atoms with Gasteiger partial charge < -0.3 is 15.0 Å². The third-order valence-corrected chi connectivity index (χ3v) is 6.25. The number of thiophene rings is 1. The summed E-state index contributed by atoms with van der Waals surface area (Å²) in [5.41, 5.74) is 1.21. The third kappa shape index (κ3) is 5.41. The number of amides is 1. The number of halogens is 1. The molecule has 0 radical (unpaired) electrons. The fourth-order valence-electron chi connectivity index (χ4n) is 2.76. The van der Waals surface area contributed by atoms with Crippen LogP contribution in [0.2, 0.25) is 4.34 Å². The highest BCUT2D eigenvalue weighted by molar-refractivity contribution is 7.98. The van der Waals surface area contributed by atoms with Crippen molar-refractivity contribution in [3.05, 3.63) is 62.8 Å². The standard InChI is InChI=1S/C20H20ClN3O3S2/c1-28-16-12-13(18(22)24-9-2-3-10-24)4-5-14(16)20(26)27-11-8-23-19(25)15-6-7-17(21)29-15/h2-7,12,22H,8-11H2,1H3,(H,23,25). The summed E-state index contributed by atoms with van der Waals surface area (Å²) in [7, 11) is 0. The number of esters is 1. The molecule has 2 heterocycles. The molecule has 0 saturated heterocycles. The van der Waals surface area contributed by atoms with Crippen molar-refractivity contribution in [2.45, 2.75) is 4.90 Å². The van der Waals surface area contributed by atoms with Crippen molar-refractivity contribution in [1.82, 2.24) is 10.2 Å². The molecule has 2 N–H and O–H groups in total. The second-order valence-electron chi connectivity index (χ2n) is 6.14. The number of hydrogen-bond donors (Lipinski definition) is 2. The van der Waals surface area contributed by atoms with Crippen LogP contribution in [0, 0.1) is 5.41 Å². The van der Waals surface area contributed by atoms with E-state index in [4.69, 9.17) is 21.7 Å². The van der Waals surface area contributed by atoms with Gasteiger partial charge in [-0.2, -0.15) is 0 Å². The molecule has 0 aliphatic carbocycles. The highest BCUT2D eigenvalue weighted by Crippen LogP contribution is 2.24. The molecule has 1 aliphatic rings. The predicted octanol–water partition coefficient (Wildman–Crippen LogP) is 3.91. The molecule has 1 aromatic heterocycles. The normalized spacial score (nSPS) is 12.8. The highest BCUT2D eigenvalue weighted by Gasteiger charge is 2.18. The zero-order valence-corrected chi connectivity index (χ0v) is 18.1. The molecule has 152 valence electrons. The van der Waals surface area contributed by atoms with Gasteiger partial charge in [-0.25, -0.2) is 4.79 Å². The van der Waals surface area contributed by atoms with Gasteiger partial charge in [-0.3, -0.25) is 10.2 Å². The van der Waals surface area contributed by atoms with E-state index >= 15 is 0 Å². The summed E-state index contributed by atoms with van der Waals surface area (Å²) in [6.07, 6.45) is 5.94. The maximum Gasteiger partial charge on any atom is 0.339 e. The summed E-state index contributed by atoms with van der Waals surface area (Å²) >= 11 is 8.44. The molecule has 0 spiro atoms. The van der Waals surface area contributed by atoms with E-state index in [-0.39, 0.29) is 19.1 Å². The molecule has 1 amide bonds. The average Bonchev–Trinajstić information content (AvgIpc) is 3.41. The Morgan fingerprint density at radius 3 is 2.69 bits per heavy atom. The van der Waals surface area contributed by atoms with E-state index in [0.29, 0.717) is 20.6 Å². The Morgan fingerprint density at radius 1 is 1.28 bits per heavy atom. The maximum absolute atomic E-state index is 12.4.